The van der Waals surface area contributed by atoms with E-state index >= 15 is 0 Å². The third kappa shape index (κ3) is 1.58. The Hall–Kier alpha value is -1.46. The van der Waals surface area contributed by atoms with Crippen molar-refractivity contribution >= 4 is 17.2 Å². The first-order chi connectivity index (χ1) is 7.84. The maximum atomic E-state index is 5.83. The number of nitrogens with two attached hydrogens (primary N) is 1. The van der Waals surface area contributed by atoms with Crippen LogP contribution in [0.4, 0.5) is 5.82 Å². The molecule has 1 aliphatic rings. The topological polar surface area (TPSA) is 61.0 Å². The van der Waals surface area contributed by atoms with Gasteiger partial charge in [0.1, 0.15) is 10.8 Å². The van der Waals surface area contributed by atoms with Crippen molar-refractivity contribution in [2.24, 2.45) is 0 Å². The lowest BCUT2D eigenvalue weighted by Gasteiger charge is -2.08. The van der Waals surface area contributed by atoms with E-state index in [9.17, 15) is 0 Å². The lowest BCUT2D eigenvalue weighted by Crippen LogP contribution is -2.07. The van der Waals surface area contributed by atoms with E-state index in [0.29, 0.717) is 12.4 Å². The number of fused-ring (bicyclic) bond motifs is 1. The molecule has 4 nitrogen and oxygen atoms in total. The third-order valence-electron chi connectivity index (χ3n) is 2.56. The second-order valence-electron chi connectivity index (χ2n) is 3.63. The number of ether oxygens (including phenoxy) is 1. The van der Waals surface area contributed by atoms with Gasteiger partial charge in [0.15, 0.2) is 0 Å². The summed E-state index contributed by atoms with van der Waals surface area (Å²) in [5.74, 6) is 0.537. The van der Waals surface area contributed by atoms with Gasteiger partial charge in [-0.1, -0.05) is 0 Å². The summed E-state index contributed by atoms with van der Waals surface area (Å²) in [6.07, 6.45) is 2.58. The Bertz CT molecular complexity index is 500. The van der Waals surface area contributed by atoms with E-state index in [-0.39, 0.29) is 0 Å². The van der Waals surface area contributed by atoms with E-state index in [1.54, 1.807) is 17.5 Å². The molecule has 1 aliphatic heterocycles. The highest BCUT2D eigenvalue weighted by Crippen LogP contribution is 2.32. The maximum Gasteiger partial charge on any atom is 0.133 e. The Morgan fingerprint density at radius 2 is 2.38 bits per heavy atom. The number of hydrogen-bond acceptors (Lipinski definition) is 5. The Kier molecular flexibility index (Phi) is 2.34. The molecule has 2 N–H and O–H groups in total. The summed E-state index contributed by atoms with van der Waals surface area (Å²) in [7, 11) is 0. The SMILES string of the molecule is Nc1ncccc1-c1nc2c(s1)COCC2. The number of anilines is 1. The molecule has 0 spiro atoms. The molecule has 0 aliphatic carbocycles. The van der Waals surface area contributed by atoms with Crippen LogP contribution in [0.15, 0.2) is 18.3 Å². The predicted octanol–water partition coefficient (Wildman–Crippen LogP) is 1.86. The average molecular weight is 233 g/mol. The van der Waals surface area contributed by atoms with Gasteiger partial charge >= 0.3 is 0 Å². The largest absolute Gasteiger partial charge is 0.383 e. The van der Waals surface area contributed by atoms with Crippen LogP contribution in [0.2, 0.25) is 0 Å². The van der Waals surface area contributed by atoms with Gasteiger partial charge in [-0.25, -0.2) is 9.97 Å². The Morgan fingerprint density at radius 3 is 3.19 bits per heavy atom. The van der Waals surface area contributed by atoms with Crippen LogP contribution in [-0.2, 0) is 17.8 Å². The molecule has 0 saturated carbocycles. The first-order valence-corrected chi connectivity index (χ1v) is 5.93. The van der Waals surface area contributed by atoms with Crippen molar-refractivity contribution < 1.29 is 4.74 Å². The van der Waals surface area contributed by atoms with Gasteiger partial charge in [0, 0.05) is 12.6 Å². The van der Waals surface area contributed by atoms with Crippen molar-refractivity contribution in [3.8, 4) is 10.6 Å². The van der Waals surface area contributed by atoms with Gasteiger partial charge in [0.25, 0.3) is 0 Å². The van der Waals surface area contributed by atoms with Crippen molar-refractivity contribution in [1.29, 1.82) is 0 Å². The van der Waals surface area contributed by atoms with Gasteiger partial charge in [0.2, 0.25) is 0 Å². The van der Waals surface area contributed by atoms with Gasteiger partial charge in [0.05, 0.1) is 29.3 Å². The minimum Gasteiger partial charge on any atom is -0.383 e. The van der Waals surface area contributed by atoms with E-state index in [2.05, 4.69) is 9.97 Å². The summed E-state index contributed by atoms with van der Waals surface area (Å²) in [4.78, 5) is 9.89. The van der Waals surface area contributed by atoms with Crippen LogP contribution < -0.4 is 5.73 Å². The van der Waals surface area contributed by atoms with Crippen LogP contribution in [0.1, 0.15) is 10.6 Å². The Labute approximate surface area is 97.1 Å². The number of nitrogens with zero attached hydrogens (tertiary/aromatic N) is 2. The molecule has 0 radical (unpaired) electrons. The van der Waals surface area contributed by atoms with Crippen molar-refractivity contribution in [2.75, 3.05) is 12.3 Å². The highest BCUT2D eigenvalue weighted by molar-refractivity contribution is 7.15. The molecule has 3 heterocycles. The first kappa shape index (κ1) is 9.74. The van der Waals surface area contributed by atoms with Gasteiger partial charge in [-0.2, -0.15) is 0 Å². The summed E-state index contributed by atoms with van der Waals surface area (Å²) in [5.41, 5.74) is 7.90. The van der Waals surface area contributed by atoms with Gasteiger partial charge in [-0.3, -0.25) is 0 Å². The maximum absolute atomic E-state index is 5.83. The molecule has 5 heteroatoms. The highest BCUT2D eigenvalue weighted by atomic mass is 32.1. The van der Waals surface area contributed by atoms with Gasteiger partial charge < -0.3 is 10.5 Å². The smallest absolute Gasteiger partial charge is 0.133 e. The third-order valence-corrected chi connectivity index (χ3v) is 3.67. The summed E-state index contributed by atoms with van der Waals surface area (Å²) in [5, 5.41) is 0.945. The molecule has 0 bridgehead atoms. The number of nitrogen functional groups attached to an aromatic ring is 1. The first-order valence-electron chi connectivity index (χ1n) is 5.12. The minimum atomic E-state index is 0.537. The fourth-order valence-electron chi connectivity index (χ4n) is 1.74. The minimum absolute atomic E-state index is 0.537. The molecule has 16 heavy (non-hydrogen) atoms. The predicted molar refractivity (Wildman–Crippen MR) is 63.1 cm³/mol. The fraction of sp³-hybridized carbons (Fsp3) is 0.273. The number of aromatic nitrogens is 2. The second-order valence-corrected chi connectivity index (χ2v) is 4.71. The molecular weight excluding hydrogens is 222 g/mol. The van der Waals surface area contributed by atoms with E-state index in [1.807, 2.05) is 12.1 Å². The normalized spacial score (nSPS) is 14.8. The number of thiazole rings is 1. The molecule has 0 unspecified atom stereocenters. The van der Waals surface area contributed by atoms with Crippen LogP contribution in [0.3, 0.4) is 0 Å². The lowest BCUT2D eigenvalue weighted by molar-refractivity contribution is 0.112. The van der Waals surface area contributed by atoms with Crippen molar-refractivity contribution in [3.63, 3.8) is 0 Å². The van der Waals surface area contributed by atoms with Crippen molar-refractivity contribution in [3.05, 3.63) is 28.9 Å². The quantitative estimate of drug-likeness (QED) is 0.816. The molecule has 0 fully saturated rings. The number of rotatable bonds is 1. The Balaban J connectivity index is 2.07. The monoisotopic (exact) mass is 233 g/mol. The molecule has 0 atom stereocenters. The summed E-state index contributed by atoms with van der Waals surface area (Å²) in [6.45, 7) is 1.44. The van der Waals surface area contributed by atoms with Crippen LogP contribution in [0.5, 0.6) is 0 Å². The fourth-order valence-corrected chi connectivity index (χ4v) is 2.82. The van der Waals surface area contributed by atoms with E-state index in [4.69, 9.17) is 10.5 Å². The average Bonchev–Trinajstić information content (AvgIpc) is 2.73. The molecule has 2 aromatic rings. The second kappa shape index (κ2) is 3.84. The zero-order valence-electron chi connectivity index (χ0n) is 8.64. The van der Waals surface area contributed by atoms with Crippen molar-refractivity contribution in [2.45, 2.75) is 13.0 Å². The molecule has 0 saturated heterocycles. The summed E-state index contributed by atoms with van der Waals surface area (Å²) < 4.78 is 5.40. The highest BCUT2D eigenvalue weighted by Gasteiger charge is 2.17. The van der Waals surface area contributed by atoms with Crippen LogP contribution in [0.25, 0.3) is 10.6 Å². The Morgan fingerprint density at radius 1 is 1.44 bits per heavy atom. The van der Waals surface area contributed by atoms with Crippen LogP contribution >= 0.6 is 11.3 Å². The molecule has 82 valence electrons. The standard InChI is InChI=1S/C11H11N3OS/c12-10-7(2-1-4-13-10)11-14-8-3-5-15-6-9(8)16-11/h1-2,4H,3,5-6H2,(H2,12,13). The van der Waals surface area contributed by atoms with E-state index < -0.39 is 0 Å². The van der Waals surface area contributed by atoms with Gasteiger partial charge in [-0.15, -0.1) is 11.3 Å². The van der Waals surface area contributed by atoms with E-state index in [1.165, 1.54) is 4.88 Å². The van der Waals surface area contributed by atoms with Crippen LogP contribution in [0, 0.1) is 0 Å². The molecular formula is C11H11N3OS. The molecule has 0 amide bonds. The number of pyridine rings is 1. The zero-order valence-corrected chi connectivity index (χ0v) is 9.46. The lowest BCUT2D eigenvalue weighted by atomic mass is 10.2. The van der Waals surface area contributed by atoms with Crippen molar-refractivity contribution in [1.82, 2.24) is 9.97 Å². The number of hydrogen-bond donors (Lipinski definition) is 1. The zero-order chi connectivity index (χ0) is 11.0. The van der Waals surface area contributed by atoms with E-state index in [0.717, 1.165) is 29.3 Å². The molecule has 0 aromatic carbocycles. The van der Waals surface area contributed by atoms with Crippen LogP contribution in [-0.4, -0.2) is 16.6 Å². The summed E-state index contributed by atoms with van der Waals surface area (Å²) in [6, 6.07) is 3.83. The molecule has 3 rings (SSSR count). The summed E-state index contributed by atoms with van der Waals surface area (Å²) >= 11 is 1.65. The van der Waals surface area contributed by atoms with Gasteiger partial charge in [-0.05, 0) is 12.1 Å². The molecule has 2 aromatic heterocycles.